The van der Waals surface area contributed by atoms with Crippen LogP contribution in [0.25, 0.3) is 0 Å². The van der Waals surface area contributed by atoms with E-state index in [0.29, 0.717) is 52.9 Å². The molecule has 0 spiro atoms. The number of unbranched alkanes of at least 4 members (excludes halogenated alkanes) is 2. The van der Waals surface area contributed by atoms with E-state index in [9.17, 15) is 72.5 Å². The maximum Gasteiger partial charge on any atom is 0.416 e. The van der Waals surface area contributed by atoms with Crippen LogP contribution in [0.2, 0.25) is 0 Å². The SMILES string of the molecule is C=C1C[C@H]2[C@H](O)N(C(=O)OCc3ccc(NC(=O)OCCOCCC(=O)N[C@H](C(=O)NC(C)C)C(C)C)cc3)c3cc(OCCCCCOc4cc5c(cc4OC)C(=O)N4CC(=C)C[C@H]4[C@H](O)N5C(=O)OCc4ccc(NC(=O)[C@H](C)NC(=O)[C@@H](NC(=O)CCOCCNC(=O)CCN5C(=O)C=CC5=O)C(C)C)cc4)c(OC)cc3C(=O)N2C1. The van der Waals surface area contributed by atoms with Crippen molar-refractivity contribution in [2.45, 2.75) is 162 Å². The molecular weight excluding hydrogens is 1550 g/mol. The number of aliphatic hydroxyl groups excluding tert-OH is 2. The first-order valence-electron chi connectivity index (χ1n) is 39.4. The molecule has 4 aromatic carbocycles. The standard InChI is InChI=1S/C83H106N12O24/c1-47(2)72(75(102)85-49(5)6)89-69(98)27-33-114-35-36-117-81(108)88-56-21-17-54(18-22-56)46-119-83(110)95-60-42-66(64(112-11)40-58(60)78(105)93-44-51(8)38-62(93)80(95)107)116-31-14-12-13-30-115-65-41-59-57(39-63(65)111-10)77(104)92-43-50(7)37-61(92)79(106)94(59)82(109)118-45-53-15-19-55(20-16-53)87-74(101)52(9)86-76(103)73(48(3)4)90-68(97)26-32-113-34-28-84-67(96)25-29-91-70(99)23-24-71(91)100/h15-24,39-42,47-49,52,61-62,72-73,79-80,106-107H,7-8,12-14,25-38,43-46H2,1-6,9-11H3,(H,84,96)(H,85,102)(H,86,103)(H,87,101)(H,88,108)(H,89,98)(H,90,97)/t52-,61-,62-,72-,73-,79-,80-/m0/s1. The largest absolute Gasteiger partial charge is 0.493 e. The van der Waals surface area contributed by atoms with Gasteiger partial charge in [-0.15, -0.1) is 0 Å². The van der Waals surface area contributed by atoms with Crippen LogP contribution in [-0.2, 0) is 75.3 Å². The first kappa shape index (κ1) is 90.8. The fraction of sp³-hybridized carbons (Fsp3) is 0.482. The molecule has 0 bridgehead atoms. The highest BCUT2D eigenvalue weighted by Gasteiger charge is 2.49. The lowest BCUT2D eigenvalue weighted by atomic mass is 10.0. The van der Waals surface area contributed by atoms with E-state index < -0.39 is 108 Å². The van der Waals surface area contributed by atoms with Crippen molar-refractivity contribution < 1.29 is 115 Å². The van der Waals surface area contributed by atoms with Crippen LogP contribution in [0.15, 0.2) is 109 Å². The lowest BCUT2D eigenvalue weighted by Crippen LogP contribution is -2.53. The van der Waals surface area contributed by atoms with Gasteiger partial charge in [0, 0.05) is 87.1 Å². The number of aliphatic hydroxyl groups is 2. The Kier molecular flexibility index (Phi) is 32.7. The van der Waals surface area contributed by atoms with Crippen LogP contribution in [-0.4, -0.2) is 238 Å². The first-order valence-corrected chi connectivity index (χ1v) is 39.4. The van der Waals surface area contributed by atoms with Gasteiger partial charge >= 0.3 is 18.3 Å². The van der Waals surface area contributed by atoms with Gasteiger partial charge in [-0.05, 0) is 112 Å². The van der Waals surface area contributed by atoms with Crippen molar-refractivity contribution in [3.63, 3.8) is 0 Å². The van der Waals surface area contributed by atoms with Crippen molar-refractivity contribution in [1.29, 1.82) is 0 Å². The van der Waals surface area contributed by atoms with E-state index in [0.717, 1.165) is 26.9 Å². The number of carbonyl (C=O) groups is 13. The second-order valence-electron chi connectivity index (χ2n) is 30.0. The minimum Gasteiger partial charge on any atom is -0.493 e. The molecule has 13 amide bonds. The number of benzene rings is 4. The van der Waals surface area contributed by atoms with Crippen molar-refractivity contribution in [1.82, 2.24) is 41.3 Å². The Morgan fingerprint density at radius 3 is 1.40 bits per heavy atom. The zero-order chi connectivity index (χ0) is 86.3. The summed E-state index contributed by atoms with van der Waals surface area (Å²) < 4.78 is 51.8. The number of nitrogens with one attached hydrogen (secondary N) is 7. The van der Waals surface area contributed by atoms with Gasteiger partial charge in [0.25, 0.3) is 23.6 Å². The topological polar surface area (TPSA) is 446 Å². The highest BCUT2D eigenvalue weighted by molar-refractivity contribution is 6.13. The third-order valence-electron chi connectivity index (χ3n) is 19.9. The summed E-state index contributed by atoms with van der Waals surface area (Å²) in [7, 11) is 2.79. The Labute approximate surface area is 688 Å². The van der Waals surface area contributed by atoms with Gasteiger partial charge in [-0.2, -0.15) is 0 Å². The summed E-state index contributed by atoms with van der Waals surface area (Å²) in [5, 5.41) is 42.9. The Bertz CT molecular complexity index is 4420. The summed E-state index contributed by atoms with van der Waals surface area (Å²) in [5.74, 6) is -4.57. The van der Waals surface area contributed by atoms with Crippen molar-refractivity contribution in [2.75, 3.05) is 107 Å². The van der Waals surface area contributed by atoms with E-state index in [1.165, 1.54) is 55.2 Å². The Morgan fingerprint density at radius 1 is 0.496 bits per heavy atom. The van der Waals surface area contributed by atoms with Gasteiger partial charge < -0.3 is 94.5 Å². The smallest absolute Gasteiger partial charge is 0.416 e. The van der Waals surface area contributed by atoms with E-state index in [2.05, 4.69) is 50.4 Å². The first-order chi connectivity index (χ1) is 56.8. The van der Waals surface area contributed by atoms with E-state index in [1.807, 2.05) is 27.7 Å². The molecule has 7 atom stereocenters. The molecule has 2 fully saturated rings. The summed E-state index contributed by atoms with van der Waals surface area (Å²) in [6, 6.07) is 13.7. The average Bonchev–Trinajstić information content (AvgIpc) is 1.62. The van der Waals surface area contributed by atoms with Crippen molar-refractivity contribution in [3.05, 3.63) is 132 Å². The number of carbonyl (C=O) groups excluding carboxylic acids is 13. The zero-order valence-corrected chi connectivity index (χ0v) is 68.2. The van der Waals surface area contributed by atoms with Crippen LogP contribution >= 0.6 is 0 Å². The Balaban J connectivity index is 0.741. The van der Waals surface area contributed by atoms with Gasteiger partial charge in [-0.1, -0.05) is 76.3 Å². The number of amides is 13. The number of hydrogen-bond acceptors (Lipinski definition) is 24. The summed E-state index contributed by atoms with van der Waals surface area (Å²) in [6.07, 6.45) is -2.11. The summed E-state index contributed by atoms with van der Waals surface area (Å²) >= 11 is 0. The number of fused-ring (bicyclic) bond motifs is 4. The van der Waals surface area contributed by atoms with Crippen LogP contribution in [0.1, 0.15) is 132 Å². The van der Waals surface area contributed by atoms with Crippen molar-refractivity contribution >= 4 is 100 Å². The fourth-order valence-corrected chi connectivity index (χ4v) is 13.6. The molecule has 0 unspecified atom stereocenters. The highest BCUT2D eigenvalue weighted by atomic mass is 16.6. The molecule has 0 aliphatic carbocycles. The van der Waals surface area contributed by atoms with Gasteiger partial charge in [0.2, 0.25) is 35.4 Å². The van der Waals surface area contributed by atoms with Crippen LogP contribution in [0.3, 0.4) is 0 Å². The molecule has 9 N–H and O–H groups in total. The summed E-state index contributed by atoms with van der Waals surface area (Å²) in [6.45, 7) is 20.2. The number of rotatable bonds is 40. The molecule has 9 rings (SSSR count). The minimum absolute atomic E-state index is 0.00000357. The molecule has 0 radical (unpaired) electrons. The quantitative estimate of drug-likeness (QED) is 0.0109. The molecule has 5 aliphatic rings. The Morgan fingerprint density at radius 2 is 0.950 bits per heavy atom. The molecule has 36 nitrogen and oxygen atoms in total. The number of nitrogens with zero attached hydrogens (tertiary/aromatic N) is 5. The number of ether oxygens (including phenoxy) is 9. The summed E-state index contributed by atoms with van der Waals surface area (Å²) in [4.78, 5) is 176. The maximum absolute atomic E-state index is 14.4. The number of methoxy groups -OCH3 is 2. The minimum atomic E-state index is -1.61. The second-order valence-corrected chi connectivity index (χ2v) is 30.0. The molecule has 119 heavy (non-hydrogen) atoms. The van der Waals surface area contributed by atoms with Crippen LogP contribution in [0.4, 0.5) is 37.1 Å². The third kappa shape index (κ3) is 24.5. The van der Waals surface area contributed by atoms with Gasteiger partial charge in [0.1, 0.15) is 37.9 Å². The molecule has 36 heteroatoms. The van der Waals surface area contributed by atoms with E-state index in [-0.39, 0.29) is 193 Å². The Hall–Kier alpha value is -12.2. The highest BCUT2D eigenvalue weighted by Crippen LogP contribution is 2.44. The van der Waals surface area contributed by atoms with Crippen molar-refractivity contribution in [2.24, 2.45) is 11.8 Å². The lowest BCUT2D eigenvalue weighted by molar-refractivity contribution is -0.137. The number of anilines is 4. The summed E-state index contributed by atoms with van der Waals surface area (Å²) in [5.41, 5.74) is 3.01. The predicted octanol–water partition coefficient (Wildman–Crippen LogP) is 5.87. The molecule has 4 aromatic rings. The van der Waals surface area contributed by atoms with Gasteiger partial charge in [-0.3, -0.25) is 58.2 Å². The van der Waals surface area contributed by atoms with Crippen LogP contribution in [0, 0.1) is 11.8 Å². The lowest BCUT2D eigenvalue weighted by Gasteiger charge is -2.31. The molecule has 0 saturated carbocycles. The van der Waals surface area contributed by atoms with Crippen LogP contribution in [0.5, 0.6) is 23.0 Å². The van der Waals surface area contributed by atoms with Crippen molar-refractivity contribution in [3.8, 4) is 23.0 Å². The van der Waals surface area contributed by atoms with Crippen LogP contribution < -0.4 is 66.0 Å². The normalized spacial score (nSPS) is 17.4. The average molecular weight is 1660 g/mol. The molecule has 5 heterocycles. The predicted molar refractivity (Wildman–Crippen MR) is 431 cm³/mol. The van der Waals surface area contributed by atoms with E-state index in [1.54, 1.807) is 62.4 Å². The molecule has 0 aromatic heterocycles. The van der Waals surface area contributed by atoms with Gasteiger partial charge in [-0.25, -0.2) is 24.2 Å². The fourth-order valence-electron chi connectivity index (χ4n) is 13.6. The monoisotopic (exact) mass is 1650 g/mol. The van der Waals surface area contributed by atoms with Gasteiger partial charge in [0.15, 0.2) is 35.5 Å². The van der Waals surface area contributed by atoms with Gasteiger partial charge in [0.05, 0.1) is 88.4 Å². The molecular formula is C83H106N12O24. The zero-order valence-electron chi connectivity index (χ0n) is 68.2. The number of imide groups is 1. The third-order valence-corrected chi connectivity index (χ3v) is 19.9. The number of hydrogen-bond donors (Lipinski definition) is 9. The second kappa shape index (κ2) is 42.8. The molecule has 2 saturated heterocycles. The van der Waals surface area contributed by atoms with E-state index in [4.69, 9.17) is 42.6 Å². The molecule has 5 aliphatic heterocycles. The van der Waals surface area contributed by atoms with E-state index >= 15 is 0 Å². The maximum atomic E-state index is 14.4. The molecule has 642 valence electrons.